The van der Waals surface area contributed by atoms with Crippen molar-refractivity contribution in [3.05, 3.63) is 53.0 Å². The number of aliphatic carboxylic acids is 2. The molecule has 1 saturated heterocycles. The fourth-order valence-corrected chi connectivity index (χ4v) is 6.50. The number of carboxylic acid groups (broad SMARTS) is 2. The van der Waals surface area contributed by atoms with E-state index in [9.17, 15) is 5.11 Å². The van der Waals surface area contributed by atoms with Gasteiger partial charge in [0.25, 0.3) is 0 Å². The van der Waals surface area contributed by atoms with Gasteiger partial charge < -0.3 is 34.5 Å². The van der Waals surface area contributed by atoms with Crippen molar-refractivity contribution in [3.8, 4) is 17.2 Å². The SMILES string of the molecule is COc1cc(OC)c2cc(C3CCN(C[C@H](O)COc4cccc5[nH]c(C)cc45)C(C)C3)sc2c1.O=C(O)C(=O)O. The third-order valence-electron chi connectivity index (χ3n) is 7.28. The molecule has 2 aromatic carbocycles. The number of hydrogen-bond donors (Lipinski definition) is 4. The quantitative estimate of drug-likeness (QED) is 0.213. The van der Waals surface area contributed by atoms with Crippen molar-refractivity contribution in [3.63, 3.8) is 0 Å². The van der Waals surface area contributed by atoms with Gasteiger partial charge in [-0.15, -0.1) is 11.3 Å². The minimum Gasteiger partial charge on any atom is -0.497 e. The van der Waals surface area contributed by atoms with Crippen LogP contribution in [0.1, 0.15) is 36.3 Å². The molecule has 10 nitrogen and oxygen atoms in total. The molecule has 4 aromatic rings. The Labute approximate surface area is 242 Å². The molecule has 0 aliphatic carbocycles. The Kier molecular flexibility index (Phi) is 9.74. The highest BCUT2D eigenvalue weighted by Crippen LogP contribution is 2.42. The van der Waals surface area contributed by atoms with Crippen LogP contribution >= 0.6 is 11.3 Å². The highest BCUT2D eigenvalue weighted by Gasteiger charge is 2.29. The van der Waals surface area contributed by atoms with Crippen molar-refractivity contribution in [1.29, 1.82) is 0 Å². The van der Waals surface area contributed by atoms with Gasteiger partial charge >= 0.3 is 11.9 Å². The molecule has 1 fully saturated rings. The molecule has 2 aromatic heterocycles. The molecule has 3 heterocycles. The number of aromatic nitrogens is 1. The Morgan fingerprint density at radius 1 is 1.07 bits per heavy atom. The van der Waals surface area contributed by atoms with Gasteiger partial charge in [0.05, 0.1) is 14.2 Å². The Bertz CT molecular complexity index is 1500. The van der Waals surface area contributed by atoms with E-state index in [0.29, 0.717) is 18.5 Å². The smallest absolute Gasteiger partial charge is 0.414 e. The number of benzene rings is 2. The number of piperidine rings is 1. The highest BCUT2D eigenvalue weighted by molar-refractivity contribution is 7.19. The van der Waals surface area contributed by atoms with Crippen LogP contribution in [0.25, 0.3) is 21.0 Å². The number of aliphatic hydroxyl groups excluding tert-OH is 1. The molecular weight excluding hydrogens is 548 g/mol. The first kappa shape index (κ1) is 30.2. The predicted molar refractivity (Wildman–Crippen MR) is 158 cm³/mol. The van der Waals surface area contributed by atoms with E-state index in [1.54, 1.807) is 14.2 Å². The van der Waals surface area contributed by atoms with Crippen LogP contribution in [0.2, 0.25) is 0 Å². The maximum atomic E-state index is 10.7. The Morgan fingerprint density at radius 3 is 2.49 bits per heavy atom. The maximum Gasteiger partial charge on any atom is 0.414 e. The molecule has 1 aliphatic heterocycles. The fraction of sp³-hybridized carbons (Fsp3) is 0.400. The zero-order chi connectivity index (χ0) is 29.7. The minimum absolute atomic E-state index is 0.286. The van der Waals surface area contributed by atoms with Gasteiger partial charge in [-0.25, -0.2) is 9.59 Å². The minimum atomic E-state index is -1.82. The molecule has 0 amide bonds. The number of ether oxygens (including phenoxy) is 3. The van der Waals surface area contributed by atoms with E-state index in [-0.39, 0.29) is 6.61 Å². The van der Waals surface area contributed by atoms with E-state index in [2.05, 4.69) is 35.0 Å². The second-order valence-electron chi connectivity index (χ2n) is 10.2. The lowest BCUT2D eigenvalue weighted by Gasteiger charge is -2.38. The van der Waals surface area contributed by atoms with Crippen LogP contribution < -0.4 is 14.2 Å². The van der Waals surface area contributed by atoms with Crippen LogP contribution in [0, 0.1) is 6.92 Å². The summed E-state index contributed by atoms with van der Waals surface area (Å²) in [5, 5.41) is 27.7. The van der Waals surface area contributed by atoms with Crippen molar-refractivity contribution in [2.24, 2.45) is 0 Å². The third kappa shape index (κ3) is 7.29. The molecular formula is C30H36N2O8S. The van der Waals surface area contributed by atoms with Crippen LogP contribution in [0.15, 0.2) is 42.5 Å². The number of hydrogen-bond acceptors (Lipinski definition) is 8. The van der Waals surface area contributed by atoms with Crippen LogP contribution in [-0.2, 0) is 9.59 Å². The number of rotatable bonds is 8. The summed E-state index contributed by atoms with van der Waals surface area (Å²) in [7, 11) is 3.40. The number of carboxylic acids is 2. The second-order valence-corrected chi connectivity index (χ2v) is 11.3. The number of thiophene rings is 1. The predicted octanol–water partition coefficient (Wildman–Crippen LogP) is 4.87. The summed E-state index contributed by atoms with van der Waals surface area (Å²) in [4.78, 5) is 25.3. The summed E-state index contributed by atoms with van der Waals surface area (Å²) in [6.45, 7) is 6.17. The van der Waals surface area contributed by atoms with Gasteiger partial charge in [-0.3, -0.25) is 4.90 Å². The van der Waals surface area contributed by atoms with E-state index in [4.69, 9.17) is 34.0 Å². The molecule has 5 rings (SSSR count). The summed E-state index contributed by atoms with van der Waals surface area (Å²) in [6.07, 6.45) is 1.61. The Morgan fingerprint density at radius 2 is 1.83 bits per heavy atom. The van der Waals surface area contributed by atoms with Gasteiger partial charge in [0, 0.05) is 50.2 Å². The fourth-order valence-electron chi connectivity index (χ4n) is 5.24. The van der Waals surface area contributed by atoms with E-state index in [0.717, 1.165) is 58.6 Å². The van der Waals surface area contributed by atoms with Crippen molar-refractivity contribution >= 4 is 44.3 Å². The molecule has 220 valence electrons. The average molecular weight is 585 g/mol. The van der Waals surface area contributed by atoms with Crippen molar-refractivity contribution in [1.82, 2.24) is 9.88 Å². The van der Waals surface area contributed by atoms with Gasteiger partial charge in [-0.05, 0) is 69.5 Å². The molecule has 11 heteroatoms. The zero-order valence-corrected chi connectivity index (χ0v) is 24.4. The summed E-state index contributed by atoms with van der Waals surface area (Å²) < 4.78 is 18.3. The monoisotopic (exact) mass is 584 g/mol. The highest BCUT2D eigenvalue weighted by atomic mass is 32.1. The van der Waals surface area contributed by atoms with Gasteiger partial charge in [-0.1, -0.05) is 6.07 Å². The molecule has 1 aliphatic rings. The third-order valence-corrected chi connectivity index (χ3v) is 8.53. The normalized spacial score (nSPS) is 18.0. The first-order valence-electron chi connectivity index (χ1n) is 13.3. The maximum absolute atomic E-state index is 10.7. The molecule has 4 N–H and O–H groups in total. The lowest BCUT2D eigenvalue weighted by atomic mass is 9.90. The number of aryl methyl sites for hydroxylation is 1. The van der Waals surface area contributed by atoms with E-state index >= 15 is 0 Å². The molecule has 2 unspecified atom stereocenters. The van der Waals surface area contributed by atoms with Crippen LogP contribution in [0.3, 0.4) is 0 Å². The zero-order valence-electron chi connectivity index (χ0n) is 23.5. The van der Waals surface area contributed by atoms with Gasteiger partial charge in [0.1, 0.15) is 30.0 Å². The number of aromatic amines is 1. The average Bonchev–Trinajstić information content (AvgIpc) is 3.55. The van der Waals surface area contributed by atoms with Crippen LogP contribution in [0.5, 0.6) is 17.2 Å². The number of aliphatic hydroxyl groups is 1. The molecule has 0 radical (unpaired) electrons. The summed E-state index contributed by atoms with van der Waals surface area (Å²) >= 11 is 1.84. The second kappa shape index (κ2) is 13.2. The first-order chi connectivity index (χ1) is 19.6. The van der Waals surface area contributed by atoms with E-state index in [1.807, 2.05) is 42.5 Å². The number of nitrogens with one attached hydrogen (secondary N) is 1. The van der Waals surface area contributed by atoms with Crippen molar-refractivity contribution < 1.29 is 39.1 Å². The summed E-state index contributed by atoms with van der Waals surface area (Å²) in [5.74, 6) is -0.636. The van der Waals surface area contributed by atoms with E-state index in [1.165, 1.54) is 9.58 Å². The standard InChI is InChI=1S/C28H34N2O4S.C2H2O4/c1-17-10-22-24(29-17)6-5-7-25(22)34-16-20(31)15-30-9-8-19(11-18(30)2)27-14-23-26(33-4)12-21(32-3)13-28(23)35-27;3-1(4)2(5)6/h5-7,10,12-14,18-20,29,31H,8-9,11,15-16H2,1-4H3;(H,3,4)(H,5,6)/t18?,19?,20-;/m0./s1. The number of carbonyl (C=O) groups is 2. The first-order valence-corrected chi connectivity index (χ1v) is 14.2. The Balaban J connectivity index is 0.000000585. The Hall–Kier alpha value is -3.80. The molecule has 0 spiro atoms. The number of likely N-dealkylation sites (tertiary alicyclic amines) is 1. The molecule has 0 saturated carbocycles. The lowest BCUT2D eigenvalue weighted by Crippen LogP contribution is -2.45. The largest absolute Gasteiger partial charge is 0.497 e. The molecule has 3 atom stereocenters. The molecule has 41 heavy (non-hydrogen) atoms. The lowest BCUT2D eigenvalue weighted by molar-refractivity contribution is -0.159. The van der Waals surface area contributed by atoms with Crippen molar-refractivity contribution in [2.75, 3.05) is 33.9 Å². The summed E-state index contributed by atoms with van der Waals surface area (Å²) in [6, 6.07) is 14.8. The number of H-pyrrole nitrogens is 1. The topological polar surface area (TPSA) is 142 Å². The number of methoxy groups -OCH3 is 2. The van der Waals surface area contributed by atoms with Gasteiger partial charge in [0.2, 0.25) is 0 Å². The van der Waals surface area contributed by atoms with Crippen LogP contribution in [-0.4, -0.2) is 83.2 Å². The van der Waals surface area contributed by atoms with E-state index < -0.39 is 18.0 Å². The van der Waals surface area contributed by atoms with Crippen LogP contribution in [0.4, 0.5) is 0 Å². The number of fused-ring (bicyclic) bond motifs is 2. The number of β-amino-alcohol motifs (C(OH)–C–C–N with tert-alkyl or cyclic N) is 1. The number of nitrogens with zero attached hydrogens (tertiary/aromatic N) is 1. The van der Waals surface area contributed by atoms with Gasteiger partial charge in [0.15, 0.2) is 0 Å². The van der Waals surface area contributed by atoms with Crippen molar-refractivity contribution in [2.45, 2.75) is 44.8 Å². The molecule has 0 bridgehead atoms. The van der Waals surface area contributed by atoms with Gasteiger partial charge in [-0.2, -0.15) is 0 Å². The summed E-state index contributed by atoms with van der Waals surface area (Å²) in [5.41, 5.74) is 2.16.